The maximum absolute atomic E-state index is 12.1. The minimum absolute atomic E-state index is 0.0622. The van der Waals surface area contributed by atoms with Gasteiger partial charge in [0.2, 0.25) is 0 Å². The molecule has 0 bridgehead atoms. The van der Waals surface area contributed by atoms with Crippen LogP contribution >= 0.6 is 0 Å². The average molecular weight is 846 g/mol. The molecular formula is C59H63N3O. The number of benzene rings is 6. The summed E-state index contributed by atoms with van der Waals surface area (Å²) in [6, 6.07) is 25.4. The molecule has 4 heteroatoms. The molecule has 0 aliphatic carbocycles. The van der Waals surface area contributed by atoms with Gasteiger partial charge in [0.1, 0.15) is 11.6 Å². The minimum Gasteiger partial charge on any atom is -0.507 e. The van der Waals surface area contributed by atoms with Crippen LogP contribution in [-0.2, 0) is 21.7 Å². The number of nitrogens with zero attached hydrogens (tertiary/aromatic N) is 3. The van der Waals surface area contributed by atoms with Crippen LogP contribution in [0, 0.1) is 6.92 Å². The Kier molecular flexibility index (Phi) is 6.96. The van der Waals surface area contributed by atoms with Gasteiger partial charge in [-0.2, -0.15) is 0 Å². The average Bonchev–Trinajstić information content (AvgIpc) is 2.43. The number of aryl methyl sites for hydroxylation is 1. The van der Waals surface area contributed by atoms with E-state index in [1.54, 1.807) is 12.1 Å². The second-order valence-electron chi connectivity index (χ2n) is 19.5. The van der Waals surface area contributed by atoms with E-state index in [2.05, 4.69) is 81.4 Å². The summed E-state index contributed by atoms with van der Waals surface area (Å²) in [6.07, 6.45) is -0.726. The summed E-state index contributed by atoms with van der Waals surface area (Å²) in [5.41, 5.74) is 1.45. The molecule has 0 aliphatic heterocycles. The zero-order valence-corrected chi connectivity index (χ0v) is 37.5. The zero-order chi connectivity index (χ0) is 58.8. The quantitative estimate of drug-likeness (QED) is 0.181. The van der Waals surface area contributed by atoms with Crippen LogP contribution in [0.25, 0.3) is 72.7 Å². The number of imidazole rings is 1. The fourth-order valence-corrected chi connectivity index (χ4v) is 7.74. The van der Waals surface area contributed by atoms with Crippen molar-refractivity contribution in [3.8, 4) is 67.5 Å². The van der Waals surface area contributed by atoms with Crippen LogP contribution in [0.5, 0.6) is 5.75 Å². The number of pyridine rings is 1. The molecule has 8 rings (SSSR count). The molecule has 4 nitrogen and oxygen atoms in total. The smallest absolute Gasteiger partial charge is 0.149 e. The lowest BCUT2D eigenvalue weighted by atomic mass is 9.83. The monoisotopic (exact) mass is 846 g/mol. The summed E-state index contributed by atoms with van der Waals surface area (Å²) in [4.78, 5) is 9.89. The van der Waals surface area contributed by atoms with E-state index in [0.717, 1.165) is 33.5 Å². The zero-order valence-electron chi connectivity index (χ0n) is 53.5. The van der Waals surface area contributed by atoms with Crippen molar-refractivity contribution < 1.29 is 27.0 Å². The number of aromatic nitrogens is 3. The van der Waals surface area contributed by atoms with Crippen molar-refractivity contribution in [3.05, 3.63) is 167 Å². The van der Waals surface area contributed by atoms with Gasteiger partial charge in [-0.25, -0.2) is 4.98 Å². The van der Waals surface area contributed by atoms with E-state index < -0.39 is 90.5 Å². The molecule has 0 radical (unpaired) electrons. The predicted molar refractivity (Wildman–Crippen MR) is 267 cm³/mol. The first-order valence-electron chi connectivity index (χ1n) is 29.1. The highest BCUT2D eigenvalue weighted by atomic mass is 16.3. The van der Waals surface area contributed by atoms with Crippen LogP contribution in [0.2, 0.25) is 0 Å². The number of rotatable bonds is 6. The molecule has 8 aromatic rings. The van der Waals surface area contributed by atoms with E-state index in [9.17, 15) is 9.22 Å². The van der Waals surface area contributed by atoms with Gasteiger partial charge < -0.3 is 5.11 Å². The second kappa shape index (κ2) is 15.8. The molecule has 1 N–H and O–H groups in total. The summed E-state index contributed by atoms with van der Waals surface area (Å²) < 4.78 is 141. The molecule has 0 spiro atoms. The molecule has 0 aliphatic rings. The number of phenols is 1. The van der Waals surface area contributed by atoms with Crippen molar-refractivity contribution in [2.75, 3.05) is 0 Å². The molecule has 2 heterocycles. The second-order valence-corrected chi connectivity index (χ2v) is 19.5. The van der Waals surface area contributed by atoms with Crippen LogP contribution in [0.1, 0.15) is 133 Å². The lowest BCUT2D eigenvalue weighted by Gasteiger charge is -2.24. The van der Waals surface area contributed by atoms with Crippen molar-refractivity contribution in [2.45, 2.75) is 111 Å². The van der Waals surface area contributed by atoms with E-state index >= 15 is 0 Å². The van der Waals surface area contributed by atoms with Crippen molar-refractivity contribution in [1.82, 2.24) is 14.5 Å². The van der Waals surface area contributed by atoms with Gasteiger partial charge in [-0.15, -0.1) is 0 Å². The normalized spacial score (nSPS) is 16.9. The first kappa shape index (κ1) is 27.7. The molecule has 63 heavy (non-hydrogen) atoms. The van der Waals surface area contributed by atoms with Crippen molar-refractivity contribution in [3.63, 3.8) is 0 Å². The number of para-hydroxylation sites is 1. The van der Waals surface area contributed by atoms with Crippen LogP contribution in [-0.4, -0.2) is 19.6 Å². The van der Waals surface area contributed by atoms with Gasteiger partial charge in [0.05, 0.1) is 37.6 Å². The fourth-order valence-electron chi connectivity index (χ4n) is 7.74. The van der Waals surface area contributed by atoms with E-state index in [1.165, 1.54) is 0 Å². The first-order valence-corrected chi connectivity index (χ1v) is 21.1. The van der Waals surface area contributed by atoms with Gasteiger partial charge in [0.25, 0.3) is 0 Å². The highest BCUT2D eigenvalue weighted by Crippen LogP contribution is 2.44. The maximum atomic E-state index is 12.1. The Morgan fingerprint density at radius 1 is 0.540 bits per heavy atom. The maximum Gasteiger partial charge on any atom is 0.149 e. The summed E-state index contributed by atoms with van der Waals surface area (Å²) in [5, 5.41) is 12.1. The Balaban J connectivity index is 1.45. The van der Waals surface area contributed by atoms with Crippen molar-refractivity contribution in [1.29, 1.82) is 0 Å². The van der Waals surface area contributed by atoms with E-state index in [1.807, 2.05) is 82.3 Å². The van der Waals surface area contributed by atoms with Crippen LogP contribution in [0.4, 0.5) is 0 Å². The molecular weight excluding hydrogens is 767 g/mol. The molecule has 0 atom stereocenters. The summed E-state index contributed by atoms with van der Waals surface area (Å²) in [6.45, 7) is 8.84. The SMILES string of the molecule is [2H]c1nc(-c2cc(-c3cccc4c3nc(-c3cc(C(C)(C)C)cc(C)c3O)n4-c3ccc(C(C)(C)C)cc3-c3ccccc3)cc(C(C)(C)C)c2)c([2H])c(-c2c([2H])c([2H])c(C(C([2H])([2H])[2H])(C([2H])([2H])[2H])C([2H])([2H])[2H])c([2H])c2[2H])c1[2H]. The summed E-state index contributed by atoms with van der Waals surface area (Å²) in [7, 11) is 0. The standard InChI is InChI=1S/C59H63N3O/c1-37-30-45(58(8,9)10)36-49(54(37)63)55-61-53-47(20-17-21-52(53)62(55)51-27-26-44(57(5,6)7)35-48(51)39-18-15-14-16-19-39)41-31-42(33-46(32-41)59(11,12)13)50-34-40(28-29-60-50)38-22-24-43(25-23-38)56(2,3)4/h14-36,63H,1-13H3/i2D3,3D3,4D3,22D,23D,24D,25D,28D,29D,34D. The Labute approximate surface area is 398 Å². The molecule has 0 amide bonds. The fraction of sp³-hybridized carbons (Fsp3) is 0.288. The number of fused-ring (bicyclic) bond motifs is 1. The molecule has 0 saturated heterocycles. The largest absolute Gasteiger partial charge is 0.507 e. The first-order chi connectivity index (χ1) is 36.2. The van der Waals surface area contributed by atoms with E-state index in [-0.39, 0.29) is 27.8 Å². The van der Waals surface area contributed by atoms with Crippen molar-refractivity contribution >= 4 is 11.0 Å². The molecule has 6 aromatic carbocycles. The molecule has 0 fully saturated rings. The van der Waals surface area contributed by atoms with Gasteiger partial charge in [0.15, 0.2) is 0 Å². The third-order valence-electron chi connectivity index (χ3n) is 11.5. The van der Waals surface area contributed by atoms with Gasteiger partial charge >= 0.3 is 0 Å². The van der Waals surface area contributed by atoms with Crippen LogP contribution in [0.15, 0.2) is 139 Å². The highest BCUT2D eigenvalue weighted by Gasteiger charge is 2.27. The summed E-state index contributed by atoms with van der Waals surface area (Å²) in [5.74, 6) is 0.526. The minimum atomic E-state index is -3.92. The molecule has 0 saturated carbocycles. The van der Waals surface area contributed by atoms with Crippen molar-refractivity contribution in [2.24, 2.45) is 0 Å². The molecule has 2 aromatic heterocycles. The third-order valence-corrected chi connectivity index (χ3v) is 11.5. The van der Waals surface area contributed by atoms with Gasteiger partial charge in [-0.3, -0.25) is 9.55 Å². The number of aromatic hydroxyl groups is 1. The third kappa shape index (κ3) is 8.61. The lowest BCUT2D eigenvalue weighted by molar-refractivity contribution is 0.471. The Morgan fingerprint density at radius 3 is 1.86 bits per heavy atom. The Bertz CT molecular complexity index is 3670. The van der Waals surface area contributed by atoms with Gasteiger partial charge in [-0.05, 0) is 127 Å². The summed E-state index contributed by atoms with van der Waals surface area (Å²) >= 11 is 0. The van der Waals surface area contributed by atoms with Crippen LogP contribution < -0.4 is 0 Å². The highest BCUT2D eigenvalue weighted by molar-refractivity contribution is 5.98. The topological polar surface area (TPSA) is 50.9 Å². The molecule has 320 valence electrons. The number of hydrogen-bond acceptors (Lipinski definition) is 3. The lowest BCUT2D eigenvalue weighted by Crippen LogP contribution is -2.13. The Morgan fingerprint density at radius 2 is 1.19 bits per heavy atom. The molecule has 0 unspecified atom stereocenters. The Hall–Kier alpha value is -6.26. The van der Waals surface area contributed by atoms with Gasteiger partial charge in [0, 0.05) is 35.2 Å². The number of phenolic OH excluding ortho intramolecular Hbond substituents is 1. The van der Waals surface area contributed by atoms with E-state index in [0.29, 0.717) is 39.1 Å². The van der Waals surface area contributed by atoms with Crippen LogP contribution in [0.3, 0.4) is 0 Å². The van der Waals surface area contributed by atoms with Gasteiger partial charge in [-0.1, -0.05) is 168 Å². The van der Waals surface area contributed by atoms with E-state index in [4.69, 9.17) is 22.8 Å². The predicted octanol–water partition coefficient (Wildman–Crippen LogP) is 16.0. The number of hydrogen-bond donors (Lipinski definition) is 1.